The maximum absolute atomic E-state index is 13.1. The maximum atomic E-state index is 13.1. The van der Waals surface area contributed by atoms with Gasteiger partial charge in [0.2, 0.25) is 0 Å². The van der Waals surface area contributed by atoms with E-state index < -0.39 is 0 Å². The molecule has 1 N–H and O–H groups in total. The Balaban J connectivity index is 1.85. The van der Waals surface area contributed by atoms with Crippen LogP contribution in [0.3, 0.4) is 0 Å². The van der Waals surface area contributed by atoms with E-state index in [-0.39, 0.29) is 5.82 Å². The number of benzene rings is 2. The molecule has 0 amide bonds. The zero-order valence-corrected chi connectivity index (χ0v) is 13.5. The van der Waals surface area contributed by atoms with Gasteiger partial charge in [0.1, 0.15) is 11.6 Å². The molecule has 1 aliphatic rings. The van der Waals surface area contributed by atoms with Crippen molar-refractivity contribution in [3.05, 3.63) is 57.3 Å². The van der Waals surface area contributed by atoms with Crippen LogP contribution in [0.1, 0.15) is 18.4 Å². The van der Waals surface area contributed by atoms with Crippen LogP contribution in [0.15, 0.2) is 40.9 Å². The van der Waals surface area contributed by atoms with Gasteiger partial charge in [0.25, 0.3) is 0 Å². The summed E-state index contributed by atoms with van der Waals surface area (Å²) in [6.45, 7) is 0.708. The SMILES string of the molecule is Fc1ccc(Oc2c(Cl)cccc2CNC2CC2)c(Br)c1. The molecule has 0 saturated heterocycles. The quantitative estimate of drug-likeness (QED) is 0.772. The lowest BCUT2D eigenvalue weighted by molar-refractivity contribution is 0.468. The minimum atomic E-state index is -0.316. The average molecular weight is 371 g/mol. The van der Waals surface area contributed by atoms with E-state index in [1.165, 1.54) is 25.0 Å². The molecule has 0 heterocycles. The molecule has 2 aromatic carbocycles. The molecule has 0 aliphatic heterocycles. The third kappa shape index (κ3) is 3.76. The summed E-state index contributed by atoms with van der Waals surface area (Å²) in [6, 6.07) is 10.6. The number of halogens is 3. The van der Waals surface area contributed by atoms with Crippen LogP contribution in [0.4, 0.5) is 4.39 Å². The first-order chi connectivity index (χ1) is 10.1. The molecule has 1 saturated carbocycles. The molecule has 110 valence electrons. The average Bonchev–Trinajstić information content (AvgIpc) is 3.26. The lowest BCUT2D eigenvalue weighted by Crippen LogP contribution is -2.15. The zero-order valence-electron chi connectivity index (χ0n) is 11.2. The summed E-state index contributed by atoms with van der Waals surface area (Å²) >= 11 is 9.55. The van der Waals surface area contributed by atoms with Gasteiger partial charge in [0.05, 0.1) is 9.50 Å². The molecular formula is C16H14BrClFNO. The minimum Gasteiger partial charge on any atom is -0.454 e. The summed E-state index contributed by atoms with van der Waals surface area (Å²) in [5.41, 5.74) is 0.991. The number of ether oxygens (including phenoxy) is 1. The number of nitrogens with one attached hydrogen (secondary N) is 1. The summed E-state index contributed by atoms with van der Waals surface area (Å²) in [7, 11) is 0. The summed E-state index contributed by atoms with van der Waals surface area (Å²) < 4.78 is 19.6. The third-order valence-corrected chi connectivity index (χ3v) is 4.23. The smallest absolute Gasteiger partial charge is 0.150 e. The lowest BCUT2D eigenvalue weighted by atomic mass is 10.2. The lowest BCUT2D eigenvalue weighted by Gasteiger charge is -2.14. The van der Waals surface area contributed by atoms with Crippen molar-refractivity contribution in [3.63, 3.8) is 0 Å². The second-order valence-corrected chi connectivity index (χ2v) is 6.32. The molecule has 3 rings (SSSR count). The van der Waals surface area contributed by atoms with Crippen LogP contribution in [0, 0.1) is 5.82 Å². The molecule has 21 heavy (non-hydrogen) atoms. The molecule has 0 bridgehead atoms. The molecule has 2 nitrogen and oxygen atoms in total. The number of para-hydroxylation sites is 1. The fourth-order valence-electron chi connectivity index (χ4n) is 2.02. The third-order valence-electron chi connectivity index (χ3n) is 3.31. The molecule has 0 radical (unpaired) electrons. The van der Waals surface area contributed by atoms with E-state index in [0.29, 0.717) is 33.6 Å². The number of rotatable bonds is 5. The minimum absolute atomic E-state index is 0.316. The Morgan fingerprint density at radius 3 is 2.81 bits per heavy atom. The topological polar surface area (TPSA) is 21.3 Å². The van der Waals surface area contributed by atoms with E-state index in [1.807, 2.05) is 12.1 Å². The van der Waals surface area contributed by atoms with Crippen molar-refractivity contribution in [2.24, 2.45) is 0 Å². The van der Waals surface area contributed by atoms with Crippen LogP contribution < -0.4 is 10.1 Å². The van der Waals surface area contributed by atoms with Gasteiger partial charge in [0.15, 0.2) is 5.75 Å². The van der Waals surface area contributed by atoms with Crippen LogP contribution in [0.5, 0.6) is 11.5 Å². The first-order valence-electron chi connectivity index (χ1n) is 6.77. The van der Waals surface area contributed by atoms with Crippen LogP contribution in [-0.2, 0) is 6.54 Å². The van der Waals surface area contributed by atoms with Crippen molar-refractivity contribution in [2.45, 2.75) is 25.4 Å². The Morgan fingerprint density at radius 1 is 1.29 bits per heavy atom. The Hall–Kier alpha value is -1.10. The highest BCUT2D eigenvalue weighted by Gasteiger charge is 2.21. The fraction of sp³-hybridized carbons (Fsp3) is 0.250. The van der Waals surface area contributed by atoms with Crippen molar-refractivity contribution in [1.82, 2.24) is 5.32 Å². The van der Waals surface area contributed by atoms with Gasteiger partial charge in [-0.2, -0.15) is 0 Å². The van der Waals surface area contributed by atoms with Crippen LogP contribution in [0.2, 0.25) is 5.02 Å². The van der Waals surface area contributed by atoms with Crippen LogP contribution in [-0.4, -0.2) is 6.04 Å². The second-order valence-electron chi connectivity index (χ2n) is 5.06. The van der Waals surface area contributed by atoms with Crippen molar-refractivity contribution < 1.29 is 9.13 Å². The van der Waals surface area contributed by atoms with Gasteiger partial charge in [-0.25, -0.2) is 4.39 Å². The second kappa shape index (κ2) is 6.34. The van der Waals surface area contributed by atoms with Gasteiger partial charge >= 0.3 is 0 Å². The van der Waals surface area contributed by atoms with E-state index in [1.54, 1.807) is 12.1 Å². The first-order valence-corrected chi connectivity index (χ1v) is 7.94. The predicted molar refractivity (Wildman–Crippen MR) is 85.5 cm³/mol. The van der Waals surface area contributed by atoms with E-state index in [2.05, 4.69) is 21.2 Å². The Morgan fingerprint density at radius 2 is 2.10 bits per heavy atom. The predicted octanol–water partition coefficient (Wildman–Crippen LogP) is 5.29. The normalized spacial score (nSPS) is 14.2. The van der Waals surface area contributed by atoms with E-state index in [9.17, 15) is 4.39 Å². The fourth-order valence-corrected chi connectivity index (χ4v) is 2.68. The van der Waals surface area contributed by atoms with Gasteiger partial charge < -0.3 is 10.1 Å². The maximum Gasteiger partial charge on any atom is 0.150 e. The molecular weight excluding hydrogens is 357 g/mol. The molecule has 0 spiro atoms. The summed E-state index contributed by atoms with van der Waals surface area (Å²) in [5, 5.41) is 3.98. The van der Waals surface area contributed by atoms with E-state index in [0.717, 1.165) is 5.56 Å². The van der Waals surface area contributed by atoms with E-state index >= 15 is 0 Å². The van der Waals surface area contributed by atoms with Crippen LogP contribution in [0.25, 0.3) is 0 Å². The summed E-state index contributed by atoms with van der Waals surface area (Å²) in [6.07, 6.45) is 2.44. The van der Waals surface area contributed by atoms with Crippen molar-refractivity contribution in [3.8, 4) is 11.5 Å². The van der Waals surface area contributed by atoms with E-state index in [4.69, 9.17) is 16.3 Å². The molecule has 1 fully saturated rings. The highest BCUT2D eigenvalue weighted by atomic mass is 79.9. The number of hydrogen-bond acceptors (Lipinski definition) is 2. The number of hydrogen-bond donors (Lipinski definition) is 1. The van der Waals surface area contributed by atoms with Crippen molar-refractivity contribution >= 4 is 27.5 Å². The Labute approximate surface area is 136 Å². The zero-order chi connectivity index (χ0) is 14.8. The molecule has 5 heteroatoms. The molecule has 2 aromatic rings. The van der Waals surface area contributed by atoms with Gasteiger partial charge in [-0.05, 0) is 53.0 Å². The Kier molecular flexibility index (Phi) is 4.48. The molecule has 1 aliphatic carbocycles. The van der Waals surface area contributed by atoms with Crippen LogP contribution >= 0.6 is 27.5 Å². The van der Waals surface area contributed by atoms with Gasteiger partial charge in [-0.3, -0.25) is 0 Å². The Bertz CT molecular complexity index is 661. The summed E-state index contributed by atoms with van der Waals surface area (Å²) in [4.78, 5) is 0. The van der Waals surface area contributed by atoms with Gasteiger partial charge in [0, 0.05) is 18.2 Å². The van der Waals surface area contributed by atoms with Crippen molar-refractivity contribution in [2.75, 3.05) is 0 Å². The highest BCUT2D eigenvalue weighted by molar-refractivity contribution is 9.10. The van der Waals surface area contributed by atoms with Gasteiger partial charge in [-0.1, -0.05) is 23.7 Å². The highest BCUT2D eigenvalue weighted by Crippen LogP contribution is 2.36. The molecule has 0 atom stereocenters. The standard InChI is InChI=1S/C16H14BrClFNO/c17-13-8-11(19)4-7-15(13)21-16-10(2-1-3-14(16)18)9-20-12-5-6-12/h1-4,7-8,12,20H,5-6,9H2. The summed E-state index contributed by atoms with van der Waals surface area (Å²) in [5.74, 6) is 0.834. The monoisotopic (exact) mass is 369 g/mol. The molecule has 0 aromatic heterocycles. The van der Waals surface area contributed by atoms with Crippen molar-refractivity contribution in [1.29, 1.82) is 0 Å². The first kappa shape index (κ1) is 14.8. The molecule has 0 unspecified atom stereocenters. The van der Waals surface area contributed by atoms with Gasteiger partial charge in [-0.15, -0.1) is 0 Å². The largest absolute Gasteiger partial charge is 0.454 e.